The molecule has 2 rings (SSSR count). The molecule has 0 radical (unpaired) electrons. The van der Waals surface area contributed by atoms with Crippen molar-refractivity contribution in [1.82, 2.24) is 0 Å². The van der Waals surface area contributed by atoms with Crippen molar-refractivity contribution in [1.29, 1.82) is 0 Å². The van der Waals surface area contributed by atoms with Crippen molar-refractivity contribution in [2.45, 2.75) is 29.7 Å². The van der Waals surface area contributed by atoms with Gasteiger partial charge in [-0.2, -0.15) is 0 Å². The second-order valence-corrected chi connectivity index (χ2v) is 5.91. The molecule has 8 nitrogen and oxygen atoms in total. The predicted octanol–water partition coefficient (Wildman–Crippen LogP) is -2.81. The fourth-order valence-electron chi connectivity index (χ4n) is 3.21. The first-order valence-electron chi connectivity index (χ1n) is 6.67. The van der Waals surface area contributed by atoms with Crippen LogP contribution in [0.2, 0.25) is 0 Å². The highest BCUT2D eigenvalue weighted by molar-refractivity contribution is 5.29. The average Bonchev–Trinajstić information content (AvgIpc) is 2.45. The summed E-state index contributed by atoms with van der Waals surface area (Å²) in [5.41, 5.74) is -1.62. The van der Waals surface area contributed by atoms with Gasteiger partial charge in [0, 0.05) is 11.8 Å². The quantitative estimate of drug-likeness (QED) is 0.277. The van der Waals surface area contributed by atoms with Gasteiger partial charge in [0.15, 0.2) is 0 Å². The van der Waals surface area contributed by atoms with E-state index >= 15 is 0 Å². The van der Waals surface area contributed by atoms with Gasteiger partial charge >= 0.3 is 0 Å². The third-order valence-electron chi connectivity index (χ3n) is 4.45. The van der Waals surface area contributed by atoms with Crippen molar-refractivity contribution in [3.05, 3.63) is 35.9 Å². The summed E-state index contributed by atoms with van der Waals surface area (Å²) in [6.45, 7) is -1.68. The largest absolute Gasteiger partial charge is 0.396 e. The van der Waals surface area contributed by atoms with Crippen molar-refractivity contribution in [2.24, 2.45) is 5.41 Å². The topological polar surface area (TPSA) is 162 Å². The third kappa shape index (κ3) is 2.16. The highest BCUT2D eigenvalue weighted by atomic mass is 16.7. The molecule has 0 heterocycles. The lowest BCUT2D eigenvalue weighted by Gasteiger charge is -2.58. The van der Waals surface area contributed by atoms with Crippen molar-refractivity contribution in [3.63, 3.8) is 0 Å². The van der Waals surface area contributed by atoms with Crippen LogP contribution in [0.15, 0.2) is 30.3 Å². The van der Waals surface area contributed by atoms with Crippen molar-refractivity contribution < 1.29 is 40.9 Å². The van der Waals surface area contributed by atoms with Gasteiger partial charge in [0.2, 0.25) is 11.6 Å². The smallest absolute Gasteiger partial charge is 0.274 e. The summed E-state index contributed by atoms with van der Waals surface area (Å²) in [4.78, 5) is 0. The van der Waals surface area contributed by atoms with Crippen molar-refractivity contribution >= 4 is 0 Å². The summed E-state index contributed by atoms with van der Waals surface area (Å²) in [7, 11) is 0. The molecule has 1 unspecified atom stereocenters. The molecule has 1 saturated carbocycles. The minimum absolute atomic E-state index is 0.179. The Kier molecular flexibility index (Phi) is 4.10. The van der Waals surface area contributed by atoms with Gasteiger partial charge in [0.1, 0.15) is 0 Å². The molecule has 0 spiro atoms. The SMILES string of the molecule is OCC1(CO)CC(O)(O)C(O)(O)C(O)(O)C1c1ccccc1. The zero-order chi connectivity index (χ0) is 16.8. The Morgan fingerprint density at radius 3 is 1.82 bits per heavy atom. The zero-order valence-electron chi connectivity index (χ0n) is 11.7. The van der Waals surface area contributed by atoms with Gasteiger partial charge in [0.05, 0.1) is 19.1 Å². The molecule has 8 heteroatoms. The summed E-state index contributed by atoms with van der Waals surface area (Å²) < 4.78 is 0. The fourth-order valence-corrected chi connectivity index (χ4v) is 3.21. The minimum Gasteiger partial charge on any atom is -0.396 e. The lowest BCUT2D eigenvalue weighted by molar-refractivity contribution is -0.487. The van der Waals surface area contributed by atoms with Crippen LogP contribution in [0.3, 0.4) is 0 Å². The molecule has 0 saturated heterocycles. The Labute approximate surface area is 126 Å². The van der Waals surface area contributed by atoms with Gasteiger partial charge < -0.3 is 40.9 Å². The van der Waals surface area contributed by atoms with E-state index in [1.807, 2.05) is 0 Å². The molecule has 0 bridgehead atoms. The third-order valence-corrected chi connectivity index (χ3v) is 4.45. The Balaban J connectivity index is 2.69. The Hall–Kier alpha value is -1.10. The van der Waals surface area contributed by atoms with E-state index in [0.717, 1.165) is 0 Å². The molecule has 1 aliphatic rings. The number of aliphatic hydroxyl groups is 8. The molecule has 1 aliphatic carbocycles. The summed E-state index contributed by atoms with van der Waals surface area (Å²) in [6.07, 6.45) is -0.886. The highest BCUT2D eigenvalue weighted by Crippen LogP contribution is 2.56. The molecule has 124 valence electrons. The van der Waals surface area contributed by atoms with Crippen LogP contribution < -0.4 is 0 Å². The predicted molar refractivity (Wildman–Crippen MR) is 71.9 cm³/mol. The van der Waals surface area contributed by atoms with E-state index in [1.54, 1.807) is 18.2 Å². The van der Waals surface area contributed by atoms with E-state index in [0.29, 0.717) is 0 Å². The van der Waals surface area contributed by atoms with E-state index in [4.69, 9.17) is 0 Å². The monoisotopic (exact) mass is 316 g/mol. The van der Waals surface area contributed by atoms with E-state index in [2.05, 4.69) is 0 Å². The van der Waals surface area contributed by atoms with Gasteiger partial charge in [-0.15, -0.1) is 0 Å². The summed E-state index contributed by atoms with van der Waals surface area (Å²) in [5, 5.41) is 79.2. The maximum atomic E-state index is 10.3. The van der Waals surface area contributed by atoms with Crippen LogP contribution in [-0.2, 0) is 0 Å². The molecule has 0 aliphatic heterocycles. The first kappa shape index (κ1) is 17.3. The van der Waals surface area contributed by atoms with E-state index < -0.39 is 48.3 Å². The second-order valence-electron chi connectivity index (χ2n) is 5.91. The summed E-state index contributed by atoms with van der Waals surface area (Å²) in [6, 6.07) is 7.59. The molecule has 1 fully saturated rings. The van der Waals surface area contributed by atoms with Crippen LogP contribution in [-0.4, -0.2) is 71.4 Å². The van der Waals surface area contributed by atoms with Crippen molar-refractivity contribution in [3.8, 4) is 0 Å². The van der Waals surface area contributed by atoms with Crippen LogP contribution in [0, 0.1) is 5.41 Å². The van der Waals surface area contributed by atoms with E-state index in [1.165, 1.54) is 12.1 Å². The second kappa shape index (κ2) is 5.22. The molecular formula is C14H20O8. The molecule has 22 heavy (non-hydrogen) atoms. The zero-order valence-corrected chi connectivity index (χ0v) is 11.7. The van der Waals surface area contributed by atoms with Gasteiger partial charge in [-0.05, 0) is 5.56 Å². The number of rotatable bonds is 3. The maximum absolute atomic E-state index is 10.3. The molecule has 1 aromatic carbocycles. The number of hydrogen-bond acceptors (Lipinski definition) is 8. The molecule has 1 atom stereocenters. The number of benzene rings is 1. The number of aliphatic hydroxyl groups excluding tert-OH is 2. The van der Waals surface area contributed by atoms with Gasteiger partial charge in [0.25, 0.3) is 5.79 Å². The fraction of sp³-hybridized carbons (Fsp3) is 0.571. The molecular weight excluding hydrogens is 296 g/mol. The standard InChI is InChI=1S/C14H20O8/c15-7-11(8-16)6-12(17,18)14(21,22)13(19,20)10(11)9-4-2-1-3-5-9/h1-5,10,15-22H,6-8H2. The van der Waals surface area contributed by atoms with Crippen LogP contribution in [0.5, 0.6) is 0 Å². The first-order chi connectivity index (χ1) is 10.1. The maximum Gasteiger partial charge on any atom is 0.274 e. The van der Waals surface area contributed by atoms with Gasteiger partial charge in [-0.1, -0.05) is 30.3 Å². The van der Waals surface area contributed by atoms with Crippen LogP contribution >= 0.6 is 0 Å². The molecule has 0 aromatic heterocycles. The Morgan fingerprint density at radius 2 is 1.36 bits per heavy atom. The van der Waals surface area contributed by atoms with E-state index in [-0.39, 0.29) is 5.56 Å². The lowest BCUT2D eigenvalue weighted by Crippen LogP contribution is -2.77. The Morgan fingerprint density at radius 1 is 0.864 bits per heavy atom. The molecule has 8 N–H and O–H groups in total. The number of hydrogen-bond donors (Lipinski definition) is 8. The van der Waals surface area contributed by atoms with Crippen LogP contribution in [0.25, 0.3) is 0 Å². The Bertz CT molecular complexity index is 519. The first-order valence-corrected chi connectivity index (χ1v) is 6.67. The lowest BCUT2D eigenvalue weighted by atomic mass is 9.57. The van der Waals surface area contributed by atoms with Gasteiger partial charge in [-0.3, -0.25) is 0 Å². The van der Waals surface area contributed by atoms with Gasteiger partial charge in [-0.25, -0.2) is 0 Å². The summed E-state index contributed by atoms with van der Waals surface area (Å²) >= 11 is 0. The summed E-state index contributed by atoms with van der Waals surface area (Å²) in [5.74, 6) is -12.1. The normalized spacial score (nSPS) is 28.3. The van der Waals surface area contributed by atoms with E-state index in [9.17, 15) is 40.9 Å². The molecule has 1 aromatic rings. The average molecular weight is 316 g/mol. The van der Waals surface area contributed by atoms with Crippen molar-refractivity contribution in [2.75, 3.05) is 13.2 Å². The van der Waals surface area contributed by atoms with Crippen LogP contribution in [0.1, 0.15) is 17.9 Å². The molecule has 0 amide bonds. The van der Waals surface area contributed by atoms with Crippen LogP contribution in [0.4, 0.5) is 0 Å². The minimum atomic E-state index is -3.70. The highest BCUT2D eigenvalue weighted by Gasteiger charge is 2.74.